The fourth-order valence-electron chi connectivity index (χ4n) is 0.978. The quantitative estimate of drug-likeness (QED) is 0.770. The van der Waals surface area contributed by atoms with Crippen LogP contribution in [0.25, 0.3) is 0 Å². The topological polar surface area (TPSA) is 51.2 Å². The van der Waals surface area contributed by atoms with Gasteiger partial charge >= 0.3 is 6.09 Å². The van der Waals surface area contributed by atoms with Crippen molar-refractivity contribution in [3.8, 4) is 0 Å². The SMILES string of the molecule is COC(=O)N[C@H](CS)Cc1cscn1. The fourth-order valence-corrected chi connectivity index (χ4v) is 1.77. The highest BCUT2D eigenvalue weighted by Crippen LogP contribution is 2.05. The summed E-state index contributed by atoms with van der Waals surface area (Å²) in [6, 6.07) is -0.0344. The Balaban J connectivity index is 2.43. The second-order valence-electron chi connectivity index (χ2n) is 2.70. The van der Waals surface area contributed by atoms with Gasteiger partial charge in [-0.2, -0.15) is 12.6 Å². The summed E-state index contributed by atoms with van der Waals surface area (Å²) in [6.45, 7) is 0. The zero-order valence-electron chi connectivity index (χ0n) is 7.77. The molecule has 1 atom stereocenters. The number of nitrogens with one attached hydrogen (secondary N) is 1. The Kier molecular flexibility index (Phi) is 4.75. The van der Waals surface area contributed by atoms with Crippen LogP contribution in [0.5, 0.6) is 0 Å². The van der Waals surface area contributed by atoms with Crippen LogP contribution in [0.15, 0.2) is 10.9 Å². The molecule has 0 unspecified atom stereocenters. The van der Waals surface area contributed by atoms with E-state index in [4.69, 9.17) is 0 Å². The van der Waals surface area contributed by atoms with Crippen molar-refractivity contribution in [3.05, 3.63) is 16.6 Å². The third-order valence-electron chi connectivity index (χ3n) is 1.67. The van der Waals surface area contributed by atoms with Crippen molar-refractivity contribution in [3.63, 3.8) is 0 Å². The van der Waals surface area contributed by atoms with Gasteiger partial charge in [0.25, 0.3) is 0 Å². The number of carbonyl (C=O) groups excluding carboxylic acids is 1. The molecule has 0 aliphatic heterocycles. The van der Waals surface area contributed by atoms with Gasteiger partial charge in [-0.1, -0.05) is 0 Å². The maximum Gasteiger partial charge on any atom is 0.407 e. The van der Waals surface area contributed by atoms with Gasteiger partial charge in [0.2, 0.25) is 0 Å². The van der Waals surface area contributed by atoms with Gasteiger partial charge in [0.05, 0.1) is 18.3 Å². The van der Waals surface area contributed by atoms with Crippen molar-refractivity contribution in [2.45, 2.75) is 12.5 Å². The molecule has 14 heavy (non-hydrogen) atoms. The first kappa shape index (κ1) is 11.3. The van der Waals surface area contributed by atoms with Gasteiger partial charge in [-0.15, -0.1) is 11.3 Å². The van der Waals surface area contributed by atoms with E-state index in [9.17, 15) is 4.79 Å². The molecule has 1 N–H and O–H groups in total. The summed E-state index contributed by atoms with van der Waals surface area (Å²) in [6.07, 6.45) is 0.251. The molecular formula is C8H12N2O2S2. The Morgan fingerprint density at radius 3 is 3.14 bits per heavy atom. The smallest absolute Gasteiger partial charge is 0.407 e. The molecule has 0 aliphatic rings. The van der Waals surface area contributed by atoms with Gasteiger partial charge in [-0.05, 0) is 0 Å². The maximum atomic E-state index is 10.9. The molecule has 0 fully saturated rings. The third kappa shape index (κ3) is 3.55. The Hall–Kier alpha value is -0.750. The van der Waals surface area contributed by atoms with E-state index in [2.05, 4.69) is 27.7 Å². The van der Waals surface area contributed by atoms with Gasteiger partial charge in [-0.3, -0.25) is 0 Å². The van der Waals surface area contributed by atoms with Crippen LogP contribution in [0.2, 0.25) is 0 Å². The van der Waals surface area contributed by atoms with E-state index in [1.54, 1.807) is 5.51 Å². The van der Waals surface area contributed by atoms with Gasteiger partial charge in [0.1, 0.15) is 0 Å². The zero-order chi connectivity index (χ0) is 10.4. The van der Waals surface area contributed by atoms with Crippen LogP contribution in [0.4, 0.5) is 4.79 Å². The number of hydrogen-bond acceptors (Lipinski definition) is 5. The number of carbonyl (C=O) groups is 1. The summed E-state index contributed by atoms with van der Waals surface area (Å²) in [5.74, 6) is 0.562. The highest BCUT2D eigenvalue weighted by Gasteiger charge is 2.12. The number of amides is 1. The van der Waals surface area contributed by atoms with E-state index in [1.807, 2.05) is 5.38 Å². The van der Waals surface area contributed by atoms with Gasteiger partial charge in [0.15, 0.2) is 0 Å². The van der Waals surface area contributed by atoms with E-state index in [0.29, 0.717) is 12.2 Å². The first-order chi connectivity index (χ1) is 6.76. The summed E-state index contributed by atoms with van der Waals surface area (Å²) < 4.78 is 4.50. The minimum atomic E-state index is -0.431. The van der Waals surface area contributed by atoms with Crippen molar-refractivity contribution in [2.75, 3.05) is 12.9 Å². The molecule has 0 aliphatic carbocycles. The number of hydrogen-bond donors (Lipinski definition) is 2. The summed E-state index contributed by atoms with van der Waals surface area (Å²) in [5, 5.41) is 4.64. The Morgan fingerprint density at radius 2 is 2.64 bits per heavy atom. The van der Waals surface area contributed by atoms with Crippen molar-refractivity contribution >= 4 is 30.1 Å². The number of aromatic nitrogens is 1. The summed E-state index contributed by atoms with van der Waals surface area (Å²) >= 11 is 5.68. The van der Waals surface area contributed by atoms with Gasteiger partial charge in [0, 0.05) is 23.6 Å². The normalized spacial score (nSPS) is 12.1. The maximum absolute atomic E-state index is 10.9. The number of alkyl carbamates (subject to hydrolysis) is 1. The van der Waals surface area contributed by atoms with E-state index < -0.39 is 6.09 Å². The molecule has 1 aromatic heterocycles. The Labute approximate surface area is 92.1 Å². The van der Waals surface area contributed by atoms with Crippen LogP contribution >= 0.6 is 24.0 Å². The van der Waals surface area contributed by atoms with Crippen LogP contribution in [-0.4, -0.2) is 30.0 Å². The monoisotopic (exact) mass is 232 g/mol. The van der Waals surface area contributed by atoms with E-state index in [0.717, 1.165) is 5.69 Å². The highest BCUT2D eigenvalue weighted by atomic mass is 32.1. The molecule has 0 saturated heterocycles. The summed E-state index contributed by atoms with van der Waals surface area (Å²) in [7, 11) is 1.34. The first-order valence-electron chi connectivity index (χ1n) is 4.08. The van der Waals surface area contributed by atoms with Gasteiger partial charge < -0.3 is 10.1 Å². The fraction of sp³-hybridized carbons (Fsp3) is 0.500. The predicted molar refractivity (Wildman–Crippen MR) is 59.0 cm³/mol. The lowest BCUT2D eigenvalue weighted by Crippen LogP contribution is -2.37. The lowest BCUT2D eigenvalue weighted by molar-refractivity contribution is 0.167. The van der Waals surface area contributed by atoms with Crippen molar-refractivity contribution in [1.82, 2.24) is 10.3 Å². The minimum Gasteiger partial charge on any atom is -0.453 e. The lowest BCUT2D eigenvalue weighted by atomic mass is 10.2. The Morgan fingerprint density at radius 1 is 1.86 bits per heavy atom. The van der Waals surface area contributed by atoms with E-state index in [-0.39, 0.29) is 6.04 Å². The van der Waals surface area contributed by atoms with Crippen molar-refractivity contribution in [1.29, 1.82) is 0 Å². The molecule has 78 valence electrons. The number of rotatable bonds is 4. The predicted octanol–water partition coefficient (Wildman–Crippen LogP) is 1.34. The molecule has 1 heterocycles. The average molecular weight is 232 g/mol. The van der Waals surface area contributed by atoms with Crippen molar-refractivity contribution in [2.24, 2.45) is 0 Å². The molecule has 0 saturated carbocycles. The molecule has 1 amide bonds. The molecule has 1 aromatic rings. The molecule has 4 nitrogen and oxygen atoms in total. The minimum absolute atomic E-state index is 0.0344. The largest absolute Gasteiger partial charge is 0.453 e. The molecule has 0 aromatic carbocycles. The van der Waals surface area contributed by atoms with Crippen LogP contribution in [0.1, 0.15) is 5.69 Å². The van der Waals surface area contributed by atoms with Crippen LogP contribution in [0, 0.1) is 0 Å². The number of methoxy groups -OCH3 is 1. The molecule has 6 heteroatoms. The number of thiol groups is 1. The van der Waals surface area contributed by atoms with E-state index >= 15 is 0 Å². The Bertz CT molecular complexity index is 277. The zero-order valence-corrected chi connectivity index (χ0v) is 9.48. The second kappa shape index (κ2) is 5.87. The van der Waals surface area contributed by atoms with Crippen LogP contribution in [0.3, 0.4) is 0 Å². The standard InChI is InChI=1S/C8H12N2O2S2/c1-12-8(11)10-6(3-13)2-7-4-14-5-9-7/h4-6,13H,2-3H2,1H3,(H,10,11)/t6-/m0/s1. The average Bonchev–Trinajstić information content (AvgIpc) is 2.69. The second-order valence-corrected chi connectivity index (χ2v) is 3.78. The molecular weight excluding hydrogens is 220 g/mol. The van der Waals surface area contributed by atoms with Crippen molar-refractivity contribution < 1.29 is 9.53 Å². The number of ether oxygens (including phenoxy) is 1. The number of thiazole rings is 1. The van der Waals surface area contributed by atoms with Crippen LogP contribution < -0.4 is 5.32 Å². The summed E-state index contributed by atoms with van der Waals surface area (Å²) in [5.41, 5.74) is 2.73. The third-order valence-corrected chi connectivity index (χ3v) is 2.74. The summed E-state index contributed by atoms with van der Waals surface area (Å²) in [4.78, 5) is 15.1. The van der Waals surface area contributed by atoms with Gasteiger partial charge in [-0.25, -0.2) is 9.78 Å². The highest BCUT2D eigenvalue weighted by molar-refractivity contribution is 7.80. The molecule has 0 bridgehead atoms. The van der Waals surface area contributed by atoms with E-state index in [1.165, 1.54) is 18.4 Å². The van der Waals surface area contributed by atoms with Crippen LogP contribution in [-0.2, 0) is 11.2 Å². The molecule has 0 radical (unpaired) electrons. The lowest BCUT2D eigenvalue weighted by Gasteiger charge is -2.13. The number of nitrogens with zero attached hydrogens (tertiary/aromatic N) is 1. The molecule has 1 rings (SSSR count). The molecule has 0 spiro atoms. The first-order valence-corrected chi connectivity index (χ1v) is 5.66.